The summed E-state index contributed by atoms with van der Waals surface area (Å²) in [5, 5.41) is 2.82. The molecule has 5 nitrogen and oxygen atoms in total. The van der Waals surface area contributed by atoms with Crippen LogP contribution in [-0.4, -0.2) is 45.8 Å². The molecule has 0 spiro atoms. The topological polar surface area (TPSA) is 67.6 Å². The minimum atomic E-state index is -0.00192. The van der Waals surface area contributed by atoms with E-state index in [1.807, 2.05) is 35.2 Å². The van der Waals surface area contributed by atoms with Gasteiger partial charge in [0.25, 0.3) is 0 Å². The number of nitrogens with one attached hydrogen (secondary N) is 1. The highest BCUT2D eigenvalue weighted by Gasteiger charge is 2.10. The maximum absolute atomic E-state index is 11.8. The van der Waals surface area contributed by atoms with Crippen LogP contribution < -0.4 is 16.0 Å². The van der Waals surface area contributed by atoms with Crippen LogP contribution in [-0.2, 0) is 9.53 Å². The number of hydrogen-bond donors (Lipinski definition) is 2. The Morgan fingerprint density at radius 1 is 1.37 bits per heavy atom. The zero-order valence-corrected chi connectivity index (χ0v) is 11.5. The first-order chi connectivity index (χ1) is 9.27. The smallest absolute Gasteiger partial charge is 0.239 e. The molecular weight excluding hydrogens is 242 g/mol. The summed E-state index contributed by atoms with van der Waals surface area (Å²) in [5.41, 5.74) is 6.58. The summed E-state index contributed by atoms with van der Waals surface area (Å²) in [6, 6.07) is 9.89. The number of ether oxygens (including phenoxy) is 1. The molecule has 0 bridgehead atoms. The van der Waals surface area contributed by atoms with Crippen LogP contribution in [0.1, 0.15) is 6.42 Å². The average Bonchev–Trinajstić information content (AvgIpc) is 2.44. The Balaban J connectivity index is 2.52. The molecule has 0 fully saturated rings. The number of carbonyl (C=O) groups excluding carboxylic acids is 1. The summed E-state index contributed by atoms with van der Waals surface area (Å²) in [4.78, 5) is 13.9. The molecule has 5 heteroatoms. The molecule has 19 heavy (non-hydrogen) atoms. The van der Waals surface area contributed by atoms with Crippen molar-refractivity contribution in [2.75, 3.05) is 44.8 Å². The molecule has 0 aromatic heterocycles. The molecule has 0 aliphatic rings. The van der Waals surface area contributed by atoms with Crippen LogP contribution in [0.2, 0.25) is 0 Å². The molecule has 0 unspecified atom stereocenters. The zero-order chi connectivity index (χ0) is 13.9. The molecule has 0 aliphatic heterocycles. The fourth-order valence-electron chi connectivity index (χ4n) is 1.74. The Morgan fingerprint density at radius 3 is 2.74 bits per heavy atom. The van der Waals surface area contributed by atoms with Crippen molar-refractivity contribution in [2.24, 2.45) is 5.73 Å². The van der Waals surface area contributed by atoms with E-state index in [0.717, 1.165) is 18.7 Å². The molecule has 0 atom stereocenters. The second-order valence-corrected chi connectivity index (χ2v) is 4.24. The van der Waals surface area contributed by atoms with Crippen LogP contribution in [0.15, 0.2) is 30.3 Å². The van der Waals surface area contributed by atoms with Crippen LogP contribution >= 0.6 is 0 Å². The van der Waals surface area contributed by atoms with E-state index in [2.05, 4.69) is 5.32 Å². The van der Waals surface area contributed by atoms with Gasteiger partial charge in [-0.1, -0.05) is 18.2 Å². The minimum absolute atomic E-state index is 0.00192. The number of rotatable bonds is 9. The summed E-state index contributed by atoms with van der Waals surface area (Å²) in [6.45, 7) is 2.80. The summed E-state index contributed by atoms with van der Waals surface area (Å²) in [6.07, 6.45) is 0.861. The standard InChI is InChI=1S/C14H23N3O2/c1-19-11-9-16-14(18)12-17(10-5-8-15)13-6-3-2-4-7-13/h2-4,6-7H,5,8-12,15H2,1H3,(H,16,18). The molecule has 0 saturated heterocycles. The maximum Gasteiger partial charge on any atom is 0.239 e. The molecule has 1 rings (SSSR count). The molecule has 0 aliphatic carbocycles. The van der Waals surface area contributed by atoms with Crippen LogP contribution in [0.25, 0.3) is 0 Å². The minimum Gasteiger partial charge on any atom is -0.383 e. The summed E-state index contributed by atoms with van der Waals surface area (Å²) >= 11 is 0. The molecule has 106 valence electrons. The number of benzene rings is 1. The van der Waals surface area contributed by atoms with Gasteiger partial charge in [0.15, 0.2) is 0 Å². The van der Waals surface area contributed by atoms with Crippen LogP contribution in [0.5, 0.6) is 0 Å². The summed E-state index contributed by atoms with van der Waals surface area (Å²) in [7, 11) is 1.61. The van der Waals surface area contributed by atoms with Gasteiger partial charge in [-0.2, -0.15) is 0 Å². The largest absolute Gasteiger partial charge is 0.383 e. The molecule has 0 radical (unpaired) electrons. The van der Waals surface area contributed by atoms with Crippen molar-refractivity contribution in [3.8, 4) is 0 Å². The predicted octanol–water partition coefficient (Wildman–Crippen LogP) is 0.604. The van der Waals surface area contributed by atoms with Gasteiger partial charge < -0.3 is 20.7 Å². The van der Waals surface area contributed by atoms with Gasteiger partial charge in [0.2, 0.25) is 5.91 Å². The second-order valence-electron chi connectivity index (χ2n) is 4.24. The number of carbonyl (C=O) groups is 1. The third-order valence-corrected chi connectivity index (χ3v) is 2.72. The van der Waals surface area contributed by atoms with Gasteiger partial charge in [0, 0.05) is 25.9 Å². The monoisotopic (exact) mass is 265 g/mol. The van der Waals surface area contributed by atoms with Crippen LogP contribution in [0, 0.1) is 0 Å². The van der Waals surface area contributed by atoms with Gasteiger partial charge in [-0.25, -0.2) is 0 Å². The van der Waals surface area contributed by atoms with Crippen molar-refractivity contribution >= 4 is 11.6 Å². The van der Waals surface area contributed by atoms with Crippen molar-refractivity contribution in [3.63, 3.8) is 0 Å². The van der Waals surface area contributed by atoms with E-state index in [9.17, 15) is 4.79 Å². The fourth-order valence-corrected chi connectivity index (χ4v) is 1.74. The van der Waals surface area contributed by atoms with E-state index >= 15 is 0 Å². The lowest BCUT2D eigenvalue weighted by Gasteiger charge is -2.24. The first kappa shape index (κ1) is 15.5. The quantitative estimate of drug-likeness (QED) is 0.642. The number of nitrogens with zero attached hydrogens (tertiary/aromatic N) is 1. The second kappa shape index (κ2) is 9.35. The number of hydrogen-bond acceptors (Lipinski definition) is 4. The van der Waals surface area contributed by atoms with E-state index in [-0.39, 0.29) is 5.91 Å². The average molecular weight is 265 g/mol. The highest BCUT2D eigenvalue weighted by atomic mass is 16.5. The molecule has 1 aromatic carbocycles. The van der Waals surface area contributed by atoms with Gasteiger partial charge in [-0.3, -0.25) is 4.79 Å². The summed E-state index contributed by atoms with van der Waals surface area (Å²) in [5.74, 6) is -0.00192. The first-order valence-corrected chi connectivity index (χ1v) is 6.53. The Labute approximate surface area is 114 Å². The van der Waals surface area contributed by atoms with E-state index in [1.54, 1.807) is 7.11 Å². The lowest BCUT2D eigenvalue weighted by Crippen LogP contribution is -2.39. The highest BCUT2D eigenvalue weighted by molar-refractivity contribution is 5.81. The number of methoxy groups -OCH3 is 1. The van der Waals surface area contributed by atoms with E-state index in [4.69, 9.17) is 10.5 Å². The van der Waals surface area contributed by atoms with E-state index in [0.29, 0.717) is 26.2 Å². The third-order valence-electron chi connectivity index (χ3n) is 2.72. The third kappa shape index (κ3) is 6.22. The normalized spacial score (nSPS) is 10.2. The van der Waals surface area contributed by atoms with Crippen molar-refractivity contribution in [3.05, 3.63) is 30.3 Å². The lowest BCUT2D eigenvalue weighted by atomic mass is 10.2. The van der Waals surface area contributed by atoms with Crippen molar-refractivity contribution in [1.29, 1.82) is 0 Å². The predicted molar refractivity (Wildman–Crippen MR) is 77.2 cm³/mol. The number of nitrogens with two attached hydrogens (primary N) is 1. The van der Waals surface area contributed by atoms with Gasteiger partial charge in [0.05, 0.1) is 13.2 Å². The first-order valence-electron chi connectivity index (χ1n) is 6.53. The van der Waals surface area contributed by atoms with E-state index < -0.39 is 0 Å². The van der Waals surface area contributed by atoms with Crippen LogP contribution in [0.3, 0.4) is 0 Å². The van der Waals surface area contributed by atoms with Crippen molar-refractivity contribution < 1.29 is 9.53 Å². The SMILES string of the molecule is COCCNC(=O)CN(CCCN)c1ccccc1. The molecule has 1 amide bonds. The Kier molecular flexibility index (Phi) is 7.62. The van der Waals surface area contributed by atoms with Crippen molar-refractivity contribution in [2.45, 2.75) is 6.42 Å². The zero-order valence-electron chi connectivity index (χ0n) is 11.5. The fraction of sp³-hybridized carbons (Fsp3) is 0.500. The maximum atomic E-state index is 11.8. The molecule has 0 heterocycles. The Bertz CT molecular complexity index is 357. The number of amides is 1. The van der Waals surface area contributed by atoms with Crippen LogP contribution in [0.4, 0.5) is 5.69 Å². The van der Waals surface area contributed by atoms with Crippen molar-refractivity contribution in [1.82, 2.24) is 5.32 Å². The summed E-state index contributed by atoms with van der Waals surface area (Å²) < 4.78 is 4.90. The lowest BCUT2D eigenvalue weighted by molar-refractivity contribution is -0.119. The molecule has 3 N–H and O–H groups in total. The molecule has 1 aromatic rings. The van der Waals surface area contributed by atoms with Gasteiger partial charge in [-0.05, 0) is 25.1 Å². The molecule has 0 saturated carbocycles. The number of anilines is 1. The Morgan fingerprint density at radius 2 is 2.11 bits per heavy atom. The van der Waals surface area contributed by atoms with Gasteiger partial charge in [0.1, 0.15) is 0 Å². The van der Waals surface area contributed by atoms with E-state index in [1.165, 1.54) is 0 Å². The molecular formula is C14H23N3O2. The van der Waals surface area contributed by atoms with Gasteiger partial charge >= 0.3 is 0 Å². The number of para-hydroxylation sites is 1. The highest BCUT2D eigenvalue weighted by Crippen LogP contribution is 2.12. The van der Waals surface area contributed by atoms with Gasteiger partial charge in [-0.15, -0.1) is 0 Å². The Hall–Kier alpha value is -1.59.